The molecule has 2 rings (SSSR count). The average molecular weight is 250 g/mol. The quantitative estimate of drug-likeness (QED) is 0.886. The maximum absolute atomic E-state index is 11.0. The second kappa shape index (κ2) is 4.26. The van der Waals surface area contributed by atoms with Gasteiger partial charge in [0.1, 0.15) is 0 Å². The number of benzene rings is 1. The third kappa shape index (κ3) is 2.06. The van der Waals surface area contributed by atoms with Crippen LogP contribution in [0.3, 0.4) is 0 Å². The molecule has 1 aromatic carbocycles. The minimum atomic E-state index is -0.911. The summed E-state index contributed by atoms with van der Waals surface area (Å²) in [5.74, 6) is -0.911. The first-order chi connectivity index (χ1) is 8.00. The number of hydrogen-bond acceptors (Lipinski definition) is 1. The molecule has 0 aliphatic rings. The molecule has 0 saturated heterocycles. The summed E-state index contributed by atoms with van der Waals surface area (Å²) >= 11 is 5.94. The van der Waals surface area contributed by atoms with Gasteiger partial charge in [0.2, 0.25) is 0 Å². The van der Waals surface area contributed by atoms with E-state index in [1.165, 1.54) is 0 Å². The van der Waals surface area contributed by atoms with Crippen LogP contribution in [-0.4, -0.2) is 15.6 Å². The molecule has 1 aromatic heterocycles. The molecule has 0 atom stereocenters. The molecule has 1 heterocycles. The van der Waals surface area contributed by atoms with E-state index in [-0.39, 0.29) is 0 Å². The fourth-order valence-corrected chi connectivity index (χ4v) is 2.18. The topological polar surface area (TPSA) is 42.2 Å². The molecule has 0 bridgehead atoms. The van der Waals surface area contributed by atoms with Gasteiger partial charge in [0.25, 0.3) is 0 Å². The summed E-state index contributed by atoms with van der Waals surface area (Å²) in [7, 11) is 0. The van der Waals surface area contributed by atoms with Gasteiger partial charge in [-0.2, -0.15) is 0 Å². The molecule has 88 valence electrons. The van der Waals surface area contributed by atoms with E-state index in [0.717, 1.165) is 11.4 Å². The Morgan fingerprint density at radius 3 is 2.53 bits per heavy atom. The van der Waals surface area contributed by atoms with E-state index in [1.54, 1.807) is 19.1 Å². The minimum absolute atomic E-state index is 0.322. The van der Waals surface area contributed by atoms with E-state index < -0.39 is 5.97 Å². The molecule has 0 unspecified atom stereocenters. The summed E-state index contributed by atoms with van der Waals surface area (Å²) in [4.78, 5) is 11.0. The van der Waals surface area contributed by atoms with Crippen LogP contribution < -0.4 is 0 Å². The molecule has 3 nitrogen and oxygen atoms in total. The van der Waals surface area contributed by atoms with Crippen molar-refractivity contribution < 1.29 is 9.90 Å². The Balaban J connectivity index is 2.64. The number of halogens is 1. The highest BCUT2D eigenvalue weighted by Gasteiger charge is 2.15. The molecule has 0 saturated carbocycles. The Labute approximate surface area is 104 Å². The van der Waals surface area contributed by atoms with Crippen molar-refractivity contribution in [2.75, 3.05) is 0 Å². The van der Waals surface area contributed by atoms with Crippen LogP contribution in [-0.2, 0) is 0 Å². The van der Waals surface area contributed by atoms with Crippen molar-refractivity contribution in [2.24, 2.45) is 0 Å². The third-order valence-corrected chi connectivity index (χ3v) is 2.96. The van der Waals surface area contributed by atoms with Gasteiger partial charge in [-0.1, -0.05) is 17.7 Å². The largest absolute Gasteiger partial charge is 0.478 e. The van der Waals surface area contributed by atoms with Crippen LogP contribution >= 0.6 is 11.6 Å². The Hall–Kier alpha value is -1.74. The van der Waals surface area contributed by atoms with Crippen molar-refractivity contribution in [1.29, 1.82) is 0 Å². The number of hydrogen-bond donors (Lipinski definition) is 1. The molecule has 1 N–H and O–H groups in total. The molecule has 17 heavy (non-hydrogen) atoms. The molecule has 0 aliphatic heterocycles. The Bertz CT molecular complexity index is 587. The van der Waals surface area contributed by atoms with Crippen LogP contribution in [0.2, 0.25) is 5.02 Å². The van der Waals surface area contributed by atoms with Crippen LogP contribution in [0.4, 0.5) is 0 Å². The average Bonchev–Trinajstić information content (AvgIpc) is 2.54. The Morgan fingerprint density at radius 2 is 2.00 bits per heavy atom. The normalized spacial score (nSPS) is 10.5. The minimum Gasteiger partial charge on any atom is -0.478 e. The summed E-state index contributed by atoms with van der Waals surface area (Å²) < 4.78 is 1.88. The number of aromatic nitrogens is 1. The monoisotopic (exact) mass is 249 g/mol. The Morgan fingerprint density at radius 1 is 1.29 bits per heavy atom. The van der Waals surface area contributed by atoms with Crippen LogP contribution in [0.1, 0.15) is 21.7 Å². The van der Waals surface area contributed by atoms with Gasteiger partial charge < -0.3 is 9.67 Å². The van der Waals surface area contributed by atoms with Crippen molar-refractivity contribution in [3.8, 4) is 5.69 Å². The van der Waals surface area contributed by atoms with E-state index in [0.29, 0.717) is 16.3 Å². The number of carboxylic acids is 1. The summed E-state index contributed by atoms with van der Waals surface area (Å²) in [5, 5.41) is 9.70. The number of carboxylic acid groups (broad SMARTS) is 1. The van der Waals surface area contributed by atoms with Gasteiger partial charge in [-0.25, -0.2) is 4.79 Å². The highest BCUT2D eigenvalue weighted by molar-refractivity contribution is 6.30. The first kappa shape index (κ1) is 11.7. The number of aromatic carboxylic acids is 1. The molecule has 2 aromatic rings. The van der Waals surface area contributed by atoms with Gasteiger partial charge in [-0.15, -0.1) is 0 Å². The zero-order valence-electron chi connectivity index (χ0n) is 9.57. The maximum atomic E-state index is 11.0. The standard InChI is InChI=1S/C13H12ClNO2/c1-8-6-12(13(16)17)9(2)15(8)11-5-3-4-10(14)7-11/h3-7H,1-2H3,(H,16,17). The molecular formula is C13H12ClNO2. The SMILES string of the molecule is Cc1cc(C(=O)O)c(C)n1-c1cccc(Cl)c1. The van der Waals surface area contributed by atoms with Crippen molar-refractivity contribution in [1.82, 2.24) is 4.57 Å². The zero-order valence-corrected chi connectivity index (χ0v) is 10.3. The number of rotatable bonds is 2. The zero-order chi connectivity index (χ0) is 12.6. The lowest BCUT2D eigenvalue weighted by Gasteiger charge is -2.09. The lowest BCUT2D eigenvalue weighted by molar-refractivity contribution is 0.0696. The van der Waals surface area contributed by atoms with E-state index >= 15 is 0 Å². The molecule has 0 spiro atoms. The molecule has 0 fully saturated rings. The van der Waals surface area contributed by atoms with Crippen LogP contribution in [0.15, 0.2) is 30.3 Å². The third-order valence-electron chi connectivity index (χ3n) is 2.73. The van der Waals surface area contributed by atoms with Gasteiger partial charge in [0, 0.05) is 22.1 Å². The van der Waals surface area contributed by atoms with E-state index in [1.807, 2.05) is 29.7 Å². The van der Waals surface area contributed by atoms with Crippen LogP contribution in [0, 0.1) is 13.8 Å². The van der Waals surface area contributed by atoms with Gasteiger partial charge in [0.05, 0.1) is 5.56 Å². The smallest absolute Gasteiger partial charge is 0.337 e. The Kier molecular flexibility index (Phi) is 2.94. The van der Waals surface area contributed by atoms with Gasteiger partial charge in [0.15, 0.2) is 0 Å². The number of aryl methyl sites for hydroxylation is 1. The van der Waals surface area contributed by atoms with Gasteiger partial charge in [-0.05, 0) is 38.1 Å². The highest BCUT2D eigenvalue weighted by atomic mass is 35.5. The van der Waals surface area contributed by atoms with E-state index in [2.05, 4.69) is 0 Å². The molecule has 0 radical (unpaired) electrons. The maximum Gasteiger partial charge on any atom is 0.337 e. The first-order valence-corrected chi connectivity index (χ1v) is 5.56. The van der Waals surface area contributed by atoms with E-state index in [9.17, 15) is 4.79 Å². The van der Waals surface area contributed by atoms with Crippen LogP contribution in [0.25, 0.3) is 5.69 Å². The fourth-order valence-electron chi connectivity index (χ4n) is 1.99. The van der Waals surface area contributed by atoms with Crippen molar-refractivity contribution in [3.05, 3.63) is 52.3 Å². The van der Waals surface area contributed by atoms with Crippen LogP contribution in [0.5, 0.6) is 0 Å². The summed E-state index contributed by atoms with van der Waals surface area (Å²) in [6.45, 7) is 3.66. The predicted molar refractivity (Wildman–Crippen MR) is 67.2 cm³/mol. The number of nitrogens with zero attached hydrogens (tertiary/aromatic N) is 1. The van der Waals surface area contributed by atoms with Crippen molar-refractivity contribution >= 4 is 17.6 Å². The lowest BCUT2D eigenvalue weighted by Crippen LogP contribution is -2.02. The molecule has 4 heteroatoms. The fraction of sp³-hybridized carbons (Fsp3) is 0.154. The van der Waals surface area contributed by atoms with Gasteiger partial charge in [-0.3, -0.25) is 0 Å². The highest BCUT2D eigenvalue weighted by Crippen LogP contribution is 2.22. The van der Waals surface area contributed by atoms with E-state index in [4.69, 9.17) is 16.7 Å². The molecular weight excluding hydrogens is 238 g/mol. The summed E-state index contributed by atoms with van der Waals surface area (Å²) in [5.41, 5.74) is 2.78. The van der Waals surface area contributed by atoms with Crippen molar-refractivity contribution in [3.63, 3.8) is 0 Å². The predicted octanol–water partition coefficient (Wildman–Crippen LogP) is 3.45. The molecule has 0 amide bonds. The first-order valence-electron chi connectivity index (χ1n) is 5.19. The summed E-state index contributed by atoms with van der Waals surface area (Å²) in [6, 6.07) is 9.01. The van der Waals surface area contributed by atoms with Crippen molar-refractivity contribution in [2.45, 2.75) is 13.8 Å². The molecule has 0 aliphatic carbocycles. The number of carbonyl (C=O) groups is 1. The second-order valence-electron chi connectivity index (χ2n) is 3.91. The van der Waals surface area contributed by atoms with Gasteiger partial charge >= 0.3 is 5.97 Å². The second-order valence-corrected chi connectivity index (χ2v) is 4.34. The lowest BCUT2D eigenvalue weighted by atomic mass is 10.2. The summed E-state index contributed by atoms with van der Waals surface area (Å²) in [6.07, 6.45) is 0.